The van der Waals surface area contributed by atoms with E-state index in [2.05, 4.69) is 4.72 Å². The Labute approximate surface area is 158 Å². The zero-order valence-corrected chi connectivity index (χ0v) is 16.4. The Hall–Kier alpha value is -1.98. The molecule has 1 heterocycles. The van der Waals surface area contributed by atoms with E-state index in [0.29, 0.717) is 6.42 Å². The van der Waals surface area contributed by atoms with Crippen LogP contribution < -0.4 is 13.7 Å². The normalized spacial score (nSPS) is 25.1. The minimum atomic E-state index is -3.98. The number of phenols is 1. The summed E-state index contributed by atoms with van der Waals surface area (Å²) in [6, 6.07) is 4.47. The molecule has 0 saturated heterocycles. The maximum Gasteiger partial charge on any atom is 0.330 e. The average molecular weight is 418 g/mol. The maximum absolute atomic E-state index is 11.9. The molecule has 1 saturated carbocycles. The molecule has 9 nitrogen and oxygen atoms in total. The minimum absolute atomic E-state index is 0.0183. The van der Waals surface area contributed by atoms with Gasteiger partial charge in [-0.1, -0.05) is 18.9 Å². The molecule has 2 aliphatic rings. The van der Waals surface area contributed by atoms with Crippen LogP contribution in [0.4, 0.5) is 5.69 Å². The molecule has 0 bridgehead atoms. The van der Waals surface area contributed by atoms with Crippen LogP contribution in [0.3, 0.4) is 0 Å². The second kappa shape index (κ2) is 7.21. The van der Waals surface area contributed by atoms with Gasteiger partial charge >= 0.3 is 10.2 Å². The summed E-state index contributed by atoms with van der Waals surface area (Å²) in [6.45, 7) is 0. The fourth-order valence-corrected chi connectivity index (χ4v) is 5.58. The fraction of sp³-hybridized carbons (Fsp3) is 0.500. The largest absolute Gasteiger partial charge is 0.506 e. The van der Waals surface area contributed by atoms with E-state index >= 15 is 0 Å². The molecule has 1 aliphatic carbocycles. The standard InChI is InChI=1S/C16H23N3O6S2/c1-26(22,23)17-13-5-3-2-4-12(13)8-11-6-7-14(15(20)9-11)19-10-16(21)18-27(19,24)25/h6-7,9-10,12-13,17-18,20-21H,2-5,8H2,1H3/t12-,13+/m1/s1. The van der Waals surface area contributed by atoms with E-state index in [4.69, 9.17) is 0 Å². The van der Waals surface area contributed by atoms with Crippen LogP contribution >= 0.6 is 0 Å². The first-order valence-electron chi connectivity index (χ1n) is 8.57. The monoisotopic (exact) mass is 417 g/mol. The van der Waals surface area contributed by atoms with Gasteiger partial charge in [0.1, 0.15) is 11.4 Å². The summed E-state index contributed by atoms with van der Waals surface area (Å²) in [6.07, 6.45) is 6.29. The van der Waals surface area contributed by atoms with E-state index in [-0.39, 0.29) is 23.4 Å². The second-order valence-electron chi connectivity index (χ2n) is 6.99. The Kier molecular flexibility index (Phi) is 5.28. The minimum Gasteiger partial charge on any atom is -0.506 e. The van der Waals surface area contributed by atoms with Crippen LogP contribution in [-0.4, -0.2) is 39.3 Å². The lowest BCUT2D eigenvalue weighted by Crippen LogP contribution is -2.42. The highest BCUT2D eigenvalue weighted by molar-refractivity contribution is 7.91. The molecule has 1 aliphatic heterocycles. The van der Waals surface area contributed by atoms with Crippen LogP contribution in [0.1, 0.15) is 31.2 Å². The number of aliphatic hydroxyl groups is 1. The third-order valence-electron chi connectivity index (χ3n) is 4.78. The van der Waals surface area contributed by atoms with Gasteiger partial charge in [0.2, 0.25) is 15.9 Å². The summed E-state index contributed by atoms with van der Waals surface area (Å²) in [7, 11) is -7.28. The highest BCUT2D eigenvalue weighted by Crippen LogP contribution is 2.34. The number of nitrogens with one attached hydrogen (secondary N) is 2. The van der Waals surface area contributed by atoms with E-state index in [1.165, 1.54) is 12.1 Å². The van der Waals surface area contributed by atoms with Crippen LogP contribution in [-0.2, 0) is 26.7 Å². The number of rotatable bonds is 5. The van der Waals surface area contributed by atoms with Gasteiger partial charge in [-0.2, -0.15) is 8.42 Å². The van der Waals surface area contributed by atoms with Crippen molar-refractivity contribution in [3.05, 3.63) is 35.8 Å². The number of aliphatic hydroxyl groups excluding tert-OH is 1. The zero-order chi connectivity index (χ0) is 19.8. The van der Waals surface area contributed by atoms with Gasteiger partial charge < -0.3 is 10.2 Å². The van der Waals surface area contributed by atoms with Gasteiger partial charge in [0.25, 0.3) is 0 Å². The number of phenolic OH excluding ortho intramolecular Hbond substituents is 1. The van der Waals surface area contributed by atoms with Crippen LogP contribution in [0.15, 0.2) is 30.3 Å². The number of hydrogen-bond acceptors (Lipinski definition) is 6. The van der Waals surface area contributed by atoms with Crippen molar-refractivity contribution in [1.29, 1.82) is 0 Å². The third-order valence-corrected chi connectivity index (χ3v) is 6.80. The molecule has 1 fully saturated rings. The molecule has 0 amide bonds. The third kappa shape index (κ3) is 4.66. The van der Waals surface area contributed by atoms with Crippen LogP contribution in [0, 0.1) is 5.92 Å². The molecule has 1 aromatic carbocycles. The topological polar surface area (TPSA) is 136 Å². The molecule has 27 heavy (non-hydrogen) atoms. The predicted molar refractivity (Wildman–Crippen MR) is 101 cm³/mol. The van der Waals surface area contributed by atoms with Gasteiger partial charge in [0, 0.05) is 6.04 Å². The molecule has 150 valence electrons. The zero-order valence-electron chi connectivity index (χ0n) is 14.8. The van der Waals surface area contributed by atoms with Crippen LogP contribution in [0.2, 0.25) is 0 Å². The lowest BCUT2D eigenvalue weighted by atomic mass is 9.81. The van der Waals surface area contributed by atoms with Gasteiger partial charge in [0.05, 0.1) is 12.5 Å². The molecule has 0 unspecified atom stereocenters. The Balaban J connectivity index is 1.79. The van der Waals surface area contributed by atoms with Crippen molar-refractivity contribution in [3.63, 3.8) is 0 Å². The first-order chi connectivity index (χ1) is 12.5. The Bertz CT molecular complexity index is 958. The summed E-state index contributed by atoms with van der Waals surface area (Å²) < 4.78 is 52.4. The van der Waals surface area contributed by atoms with Crippen molar-refractivity contribution >= 4 is 25.9 Å². The fourth-order valence-electron chi connectivity index (χ4n) is 3.65. The number of sulfonamides is 1. The van der Waals surface area contributed by atoms with E-state index in [9.17, 15) is 27.0 Å². The summed E-state index contributed by atoms with van der Waals surface area (Å²) >= 11 is 0. The number of hydrogen-bond donors (Lipinski definition) is 4. The number of nitrogens with zero attached hydrogens (tertiary/aromatic N) is 1. The van der Waals surface area contributed by atoms with Crippen LogP contribution in [0.25, 0.3) is 0 Å². The smallest absolute Gasteiger partial charge is 0.330 e. The molecular formula is C16H23N3O6S2. The van der Waals surface area contributed by atoms with Crippen molar-refractivity contribution in [2.24, 2.45) is 5.92 Å². The molecule has 2 atom stereocenters. The van der Waals surface area contributed by atoms with Gasteiger partial charge in [-0.25, -0.2) is 22.2 Å². The molecule has 0 spiro atoms. The first kappa shape index (κ1) is 19.8. The number of anilines is 1. The van der Waals surface area contributed by atoms with Gasteiger partial charge in [-0.15, -0.1) is 0 Å². The van der Waals surface area contributed by atoms with Crippen molar-refractivity contribution < 1.29 is 27.0 Å². The van der Waals surface area contributed by atoms with E-state index < -0.39 is 26.1 Å². The van der Waals surface area contributed by atoms with Crippen molar-refractivity contribution in [2.75, 3.05) is 10.6 Å². The summed E-state index contributed by atoms with van der Waals surface area (Å²) in [5.74, 6) is -0.678. The maximum atomic E-state index is 11.9. The quantitative estimate of drug-likeness (QED) is 0.565. The van der Waals surface area contributed by atoms with E-state index in [1.807, 2.05) is 4.72 Å². The Morgan fingerprint density at radius 2 is 1.96 bits per heavy atom. The SMILES string of the molecule is CS(=O)(=O)N[C@H]1CCCC[C@@H]1Cc1ccc(N2C=C(O)NS2(=O)=O)c(O)c1. The number of aromatic hydroxyl groups is 1. The van der Waals surface area contributed by atoms with Gasteiger partial charge in [0.15, 0.2) is 0 Å². The second-order valence-corrected chi connectivity index (χ2v) is 10.3. The molecule has 1 aromatic rings. The van der Waals surface area contributed by atoms with Crippen LogP contribution in [0.5, 0.6) is 5.75 Å². The summed E-state index contributed by atoms with van der Waals surface area (Å²) in [5, 5.41) is 19.7. The lowest BCUT2D eigenvalue weighted by molar-refractivity contribution is 0.288. The molecule has 0 aromatic heterocycles. The Morgan fingerprint density at radius 1 is 1.26 bits per heavy atom. The Morgan fingerprint density at radius 3 is 2.56 bits per heavy atom. The van der Waals surface area contributed by atoms with Crippen molar-refractivity contribution in [1.82, 2.24) is 9.44 Å². The molecule has 4 N–H and O–H groups in total. The summed E-state index contributed by atoms with van der Waals surface area (Å²) in [5.41, 5.74) is 0.797. The van der Waals surface area contributed by atoms with Gasteiger partial charge in [-0.3, -0.25) is 0 Å². The predicted octanol–water partition coefficient (Wildman–Crippen LogP) is 1.05. The molecule has 11 heteroatoms. The lowest BCUT2D eigenvalue weighted by Gasteiger charge is -2.31. The van der Waals surface area contributed by atoms with Crippen molar-refractivity contribution in [3.8, 4) is 5.75 Å². The first-order valence-corrected chi connectivity index (χ1v) is 11.9. The average Bonchev–Trinajstić information content (AvgIpc) is 2.80. The number of benzene rings is 1. The van der Waals surface area contributed by atoms with Crippen molar-refractivity contribution in [2.45, 2.75) is 38.1 Å². The van der Waals surface area contributed by atoms with Gasteiger partial charge in [-0.05, 0) is 42.9 Å². The summed E-state index contributed by atoms with van der Waals surface area (Å²) in [4.78, 5) is 0. The highest BCUT2D eigenvalue weighted by Gasteiger charge is 2.31. The molecular weight excluding hydrogens is 394 g/mol. The van der Waals surface area contributed by atoms with E-state index in [0.717, 1.165) is 48.0 Å². The molecule has 0 radical (unpaired) electrons. The molecule has 3 rings (SSSR count). The van der Waals surface area contributed by atoms with E-state index in [1.54, 1.807) is 6.07 Å². The highest BCUT2D eigenvalue weighted by atomic mass is 32.2.